The SMILES string of the molecule is COc1ccc(-c2nn([C@@H](C)C(=O)Nc3cc(C)nn3C)c(=O)cc2OC)cc1. The molecular weight excluding hydrogens is 374 g/mol. The number of nitrogens with one attached hydrogen (secondary N) is 1. The van der Waals surface area contributed by atoms with Gasteiger partial charge in [0.05, 0.1) is 19.9 Å². The van der Waals surface area contributed by atoms with Crippen molar-refractivity contribution in [1.29, 1.82) is 0 Å². The second kappa shape index (κ2) is 8.17. The smallest absolute Gasteiger partial charge is 0.271 e. The van der Waals surface area contributed by atoms with Crippen LogP contribution < -0.4 is 20.3 Å². The van der Waals surface area contributed by atoms with Crippen LogP contribution in [0.1, 0.15) is 18.7 Å². The molecule has 3 rings (SSSR count). The fraction of sp³-hybridized carbons (Fsp3) is 0.300. The van der Waals surface area contributed by atoms with Crippen LogP contribution in [0.4, 0.5) is 5.82 Å². The number of hydrogen-bond donors (Lipinski definition) is 1. The van der Waals surface area contributed by atoms with Crippen molar-refractivity contribution in [3.05, 3.63) is 52.4 Å². The Bertz CT molecular complexity index is 1090. The summed E-state index contributed by atoms with van der Waals surface area (Å²) in [5, 5.41) is 11.4. The molecule has 0 unspecified atom stereocenters. The van der Waals surface area contributed by atoms with Crippen molar-refractivity contribution < 1.29 is 14.3 Å². The summed E-state index contributed by atoms with van der Waals surface area (Å²) in [6.45, 7) is 3.44. The molecular formula is C20H23N5O4. The van der Waals surface area contributed by atoms with Crippen molar-refractivity contribution in [2.75, 3.05) is 19.5 Å². The molecule has 29 heavy (non-hydrogen) atoms. The van der Waals surface area contributed by atoms with E-state index in [9.17, 15) is 9.59 Å². The van der Waals surface area contributed by atoms with E-state index in [2.05, 4.69) is 15.5 Å². The number of aryl methyl sites for hydroxylation is 2. The highest BCUT2D eigenvalue weighted by molar-refractivity contribution is 5.92. The molecule has 1 aromatic carbocycles. The Hall–Kier alpha value is -3.62. The average molecular weight is 397 g/mol. The standard InChI is InChI=1S/C20H23N5O4/c1-12-10-17(24(3)22-12)21-20(27)13(2)25-18(26)11-16(29-5)19(23-25)14-6-8-15(28-4)9-7-14/h6-11,13H,1-5H3,(H,21,27)/t13-/m0/s1. The van der Waals surface area contributed by atoms with Gasteiger partial charge in [-0.15, -0.1) is 0 Å². The molecule has 9 heteroatoms. The highest BCUT2D eigenvalue weighted by atomic mass is 16.5. The Morgan fingerprint density at radius 2 is 1.79 bits per heavy atom. The fourth-order valence-electron chi connectivity index (χ4n) is 2.90. The van der Waals surface area contributed by atoms with E-state index in [1.54, 1.807) is 44.0 Å². The molecule has 2 heterocycles. The summed E-state index contributed by atoms with van der Waals surface area (Å²) >= 11 is 0. The second-order valence-electron chi connectivity index (χ2n) is 6.53. The molecule has 0 aliphatic rings. The van der Waals surface area contributed by atoms with Crippen LogP contribution in [-0.2, 0) is 11.8 Å². The lowest BCUT2D eigenvalue weighted by molar-refractivity contribution is -0.119. The minimum absolute atomic E-state index is 0.325. The molecule has 0 bridgehead atoms. The summed E-state index contributed by atoms with van der Waals surface area (Å²) in [6.07, 6.45) is 0. The third kappa shape index (κ3) is 4.13. The van der Waals surface area contributed by atoms with Crippen LogP contribution in [0.25, 0.3) is 11.3 Å². The van der Waals surface area contributed by atoms with Gasteiger partial charge in [0.25, 0.3) is 5.56 Å². The predicted octanol–water partition coefficient (Wildman–Crippen LogP) is 2.17. The second-order valence-corrected chi connectivity index (χ2v) is 6.53. The highest BCUT2D eigenvalue weighted by Crippen LogP contribution is 2.28. The molecule has 1 N–H and O–H groups in total. The Kier molecular flexibility index (Phi) is 5.67. The number of rotatable bonds is 6. The molecule has 0 fully saturated rings. The number of carbonyl (C=O) groups excluding carboxylic acids is 1. The van der Waals surface area contributed by atoms with Gasteiger partial charge < -0.3 is 14.8 Å². The van der Waals surface area contributed by atoms with Crippen molar-refractivity contribution >= 4 is 11.7 Å². The number of nitrogens with zero attached hydrogens (tertiary/aromatic N) is 4. The molecule has 3 aromatic rings. The van der Waals surface area contributed by atoms with Crippen molar-refractivity contribution in [3.8, 4) is 22.8 Å². The zero-order chi connectivity index (χ0) is 21.1. The van der Waals surface area contributed by atoms with Gasteiger partial charge in [-0.3, -0.25) is 14.3 Å². The quantitative estimate of drug-likeness (QED) is 0.684. The fourth-order valence-corrected chi connectivity index (χ4v) is 2.90. The van der Waals surface area contributed by atoms with Crippen LogP contribution in [-0.4, -0.2) is 39.7 Å². The Balaban J connectivity index is 1.96. The van der Waals surface area contributed by atoms with E-state index >= 15 is 0 Å². The lowest BCUT2D eigenvalue weighted by Crippen LogP contribution is -2.33. The maximum atomic E-state index is 12.7. The van der Waals surface area contributed by atoms with Gasteiger partial charge in [0, 0.05) is 24.7 Å². The third-order valence-electron chi connectivity index (χ3n) is 4.50. The zero-order valence-electron chi connectivity index (χ0n) is 17.0. The zero-order valence-corrected chi connectivity index (χ0v) is 17.0. The van der Waals surface area contributed by atoms with E-state index < -0.39 is 11.6 Å². The number of anilines is 1. The summed E-state index contributed by atoms with van der Waals surface area (Å²) in [5.41, 5.74) is 1.51. The van der Waals surface area contributed by atoms with Gasteiger partial charge in [-0.1, -0.05) is 0 Å². The summed E-state index contributed by atoms with van der Waals surface area (Å²) in [5.74, 6) is 1.18. The van der Waals surface area contributed by atoms with E-state index in [4.69, 9.17) is 9.47 Å². The van der Waals surface area contributed by atoms with Gasteiger partial charge in [0.1, 0.15) is 23.3 Å². The molecule has 0 aliphatic carbocycles. The first kappa shape index (κ1) is 20.1. The summed E-state index contributed by atoms with van der Waals surface area (Å²) < 4.78 is 13.2. The van der Waals surface area contributed by atoms with Crippen LogP contribution in [0.15, 0.2) is 41.2 Å². The Labute approximate surface area is 167 Å². The molecule has 0 saturated carbocycles. The Morgan fingerprint density at radius 1 is 1.10 bits per heavy atom. The average Bonchev–Trinajstić information content (AvgIpc) is 3.03. The molecule has 0 spiro atoms. The minimum Gasteiger partial charge on any atom is -0.497 e. The van der Waals surface area contributed by atoms with Gasteiger partial charge in [-0.2, -0.15) is 10.2 Å². The molecule has 9 nitrogen and oxygen atoms in total. The number of hydrogen-bond acceptors (Lipinski definition) is 6. The molecule has 1 atom stereocenters. The van der Waals surface area contributed by atoms with Crippen LogP contribution >= 0.6 is 0 Å². The first-order valence-electron chi connectivity index (χ1n) is 8.97. The minimum atomic E-state index is -0.847. The number of amides is 1. The molecule has 0 radical (unpaired) electrons. The summed E-state index contributed by atoms with van der Waals surface area (Å²) in [7, 11) is 4.78. The predicted molar refractivity (Wildman–Crippen MR) is 108 cm³/mol. The first-order chi connectivity index (χ1) is 13.8. The van der Waals surface area contributed by atoms with Gasteiger partial charge in [0.15, 0.2) is 5.75 Å². The molecule has 2 aromatic heterocycles. The van der Waals surface area contributed by atoms with Gasteiger partial charge in [-0.05, 0) is 38.1 Å². The van der Waals surface area contributed by atoms with Crippen LogP contribution in [0.2, 0.25) is 0 Å². The van der Waals surface area contributed by atoms with E-state index in [0.29, 0.717) is 23.0 Å². The monoisotopic (exact) mass is 397 g/mol. The molecule has 0 aliphatic heterocycles. The Morgan fingerprint density at radius 3 is 2.34 bits per heavy atom. The number of aromatic nitrogens is 4. The molecule has 152 valence electrons. The van der Waals surface area contributed by atoms with E-state index in [1.165, 1.54) is 13.2 Å². The molecule has 0 saturated heterocycles. The number of ether oxygens (including phenoxy) is 2. The topological polar surface area (TPSA) is 100 Å². The van der Waals surface area contributed by atoms with Gasteiger partial charge in [0.2, 0.25) is 5.91 Å². The lowest BCUT2D eigenvalue weighted by Gasteiger charge is -2.16. The lowest BCUT2D eigenvalue weighted by atomic mass is 10.1. The van der Waals surface area contributed by atoms with E-state index in [-0.39, 0.29) is 5.91 Å². The maximum Gasteiger partial charge on any atom is 0.271 e. The van der Waals surface area contributed by atoms with Gasteiger partial charge in [-0.25, -0.2) is 4.68 Å². The van der Waals surface area contributed by atoms with E-state index in [1.807, 2.05) is 19.1 Å². The summed E-state index contributed by atoms with van der Waals surface area (Å²) in [6, 6.07) is 9.41. The first-order valence-corrected chi connectivity index (χ1v) is 8.97. The van der Waals surface area contributed by atoms with E-state index in [0.717, 1.165) is 15.9 Å². The number of methoxy groups -OCH3 is 2. The van der Waals surface area contributed by atoms with Crippen molar-refractivity contribution in [1.82, 2.24) is 19.6 Å². The largest absolute Gasteiger partial charge is 0.497 e. The number of benzene rings is 1. The van der Waals surface area contributed by atoms with Crippen molar-refractivity contribution in [2.24, 2.45) is 7.05 Å². The van der Waals surface area contributed by atoms with Crippen molar-refractivity contribution in [2.45, 2.75) is 19.9 Å². The maximum absolute atomic E-state index is 12.7. The van der Waals surface area contributed by atoms with Crippen LogP contribution in [0.3, 0.4) is 0 Å². The third-order valence-corrected chi connectivity index (χ3v) is 4.50. The van der Waals surface area contributed by atoms with Crippen LogP contribution in [0.5, 0.6) is 11.5 Å². The number of carbonyl (C=O) groups is 1. The summed E-state index contributed by atoms with van der Waals surface area (Å²) in [4.78, 5) is 25.3. The van der Waals surface area contributed by atoms with Crippen molar-refractivity contribution in [3.63, 3.8) is 0 Å². The van der Waals surface area contributed by atoms with Crippen LogP contribution in [0, 0.1) is 6.92 Å². The highest BCUT2D eigenvalue weighted by Gasteiger charge is 2.21. The normalized spacial score (nSPS) is 11.8. The molecule has 1 amide bonds. The van der Waals surface area contributed by atoms with Gasteiger partial charge >= 0.3 is 0 Å².